The summed E-state index contributed by atoms with van der Waals surface area (Å²) in [5, 5.41) is 13.8. The van der Waals surface area contributed by atoms with Gasteiger partial charge in [0.2, 0.25) is 0 Å². The maximum Gasteiger partial charge on any atom is 0.328 e. The third kappa shape index (κ3) is 3.79. The zero-order chi connectivity index (χ0) is 11.4. The molecule has 1 heterocycles. The van der Waals surface area contributed by atoms with Gasteiger partial charge in [-0.1, -0.05) is 5.57 Å². The second-order valence-electron chi connectivity index (χ2n) is 3.37. The largest absolute Gasteiger partial charge is 0.478 e. The fourth-order valence-electron chi connectivity index (χ4n) is 1.16. The summed E-state index contributed by atoms with van der Waals surface area (Å²) in [5.74, 6) is -0.222. The van der Waals surface area contributed by atoms with Crippen molar-refractivity contribution in [1.82, 2.24) is 9.78 Å². The molecule has 0 unspecified atom stereocenters. The first-order valence-corrected chi connectivity index (χ1v) is 5.51. The van der Waals surface area contributed by atoms with Crippen molar-refractivity contribution in [2.24, 2.45) is 7.05 Å². The van der Waals surface area contributed by atoms with Gasteiger partial charge in [0.25, 0.3) is 0 Å². The quantitative estimate of drug-likeness (QED) is 0.629. The van der Waals surface area contributed by atoms with E-state index in [0.29, 0.717) is 5.75 Å². The molecule has 1 aromatic rings. The molecule has 15 heavy (non-hydrogen) atoms. The predicted molar refractivity (Wildman–Crippen MR) is 60.1 cm³/mol. The van der Waals surface area contributed by atoms with Gasteiger partial charge >= 0.3 is 5.97 Å². The SMILES string of the molecule is CC(=CC(=O)O)CSc1cc(C)nn1C. The van der Waals surface area contributed by atoms with Crippen LogP contribution in [-0.4, -0.2) is 26.6 Å². The summed E-state index contributed by atoms with van der Waals surface area (Å²) in [4.78, 5) is 10.4. The number of nitrogens with zero attached hydrogens (tertiary/aromatic N) is 2. The molecule has 0 spiro atoms. The van der Waals surface area contributed by atoms with Crippen LogP contribution >= 0.6 is 11.8 Å². The van der Waals surface area contributed by atoms with Crippen LogP contribution < -0.4 is 0 Å². The van der Waals surface area contributed by atoms with Gasteiger partial charge in [-0.2, -0.15) is 5.10 Å². The highest BCUT2D eigenvalue weighted by Crippen LogP contribution is 2.20. The van der Waals surface area contributed by atoms with Gasteiger partial charge in [-0.15, -0.1) is 11.8 Å². The lowest BCUT2D eigenvalue weighted by Crippen LogP contribution is -1.95. The minimum atomic E-state index is -0.894. The Kier molecular flexibility index (Phi) is 3.96. The Morgan fingerprint density at radius 3 is 2.87 bits per heavy atom. The van der Waals surface area contributed by atoms with E-state index in [9.17, 15) is 4.79 Å². The van der Waals surface area contributed by atoms with Crippen LogP contribution in [0.3, 0.4) is 0 Å². The lowest BCUT2D eigenvalue weighted by Gasteiger charge is -2.01. The highest BCUT2D eigenvalue weighted by molar-refractivity contribution is 7.99. The van der Waals surface area contributed by atoms with Crippen molar-refractivity contribution >= 4 is 17.7 Å². The van der Waals surface area contributed by atoms with E-state index < -0.39 is 5.97 Å². The van der Waals surface area contributed by atoms with Crippen molar-refractivity contribution in [3.8, 4) is 0 Å². The van der Waals surface area contributed by atoms with E-state index in [4.69, 9.17) is 5.11 Å². The topological polar surface area (TPSA) is 55.1 Å². The van der Waals surface area contributed by atoms with E-state index in [1.54, 1.807) is 16.4 Å². The number of carboxylic acids is 1. The van der Waals surface area contributed by atoms with Crippen LogP contribution in [0.5, 0.6) is 0 Å². The van der Waals surface area contributed by atoms with Crippen LogP contribution in [-0.2, 0) is 11.8 Å². The fraction of sp³-hybridized carbons (Fsp3) is 0.400. The summed E-state index contributed by atoms with van der Waals surface area (Å²) >= 11 is 1.59. The summed E-state index contributed by atoms with van der Waals surface area (Å²) in [6.45, 7) is 3.74. The number of carbonyl (C=O) groups is 1. The summed E-state index contributed by atoms with van der Waals surface area (Å²) in [7, 11) is 1.88. The standard InChI is InChI=1S/C10H14N2O2S/c1-7(4-10(13)14)6-15-9-5-8(2)11-12(9)3/h4-5H,6H2,1-3H3,(H,13,14). The third-order valence-corrected chi connectivity index (χ3v) is 3.05. The molecular formula is C10H14N2O2S. The van der Waals surface area contributed by atoms with Gasteiger partial charge in [0.05, 0.1) is 10.7 Å². The molecule has 0 aliphatic rings. The van der Waals surface area contributed by atoms with Gasteiger partial charge < -0.3 is 5.11 Å². The zero-order valence-electron chi connectivity index (χ0n) is 9.02. The second kappa shape index (κ2) is 5.02. The van der Waals surface area contributed by atoms with Gasteiger partial charge in [0.1, 0.15) is 0 Å². The van der Waals surface area contributed by atoms with Crippen LogP contribution in [0.4, 0.5) is 0 Å². The molecule has 0 amide bonds. The molecule has 1 rings (SSSR count). The molecule has 0 aliphatic heterocycles. The molecule has 1 aromatic heterocycles. The van der Waals surface area contributed by atoms with Crippen LogP contribution in [0.1, 0.15) is 12.6 Å². The number of aromatic nitrogens is 2. The number of hydrogen-bond acceptors (Lipinski definition) is 3. The summed E-state index contributed by atoms with van der Waals surface area (Å²) in [6, 6.07) is 1.98. The Morgan fingerprint density at radius 1 is 1.73 bits per heavy atom. The molecule has 0 bridgehead atoms. The molecule has 82 valence electrons. The number of carboxylic acid groups (broad SMARTS) is 1. The molecule has 4 nitrogen and oxygen atoms in total. The van der Waals surface area contributed by atoms with E-state index >= 15 is 0 Å². The summed E-state index contributed by atoms with van der Waals surface area (Å²) in [5.41, 5.74) is 1.81. The molecule has 5 heteroatoms. The first kappa shape index (κ1) is 11.8. The number of aryl methyl sites for hydroxylation is 2. The minimum absolute atomic E-state index is 0.672. The molecule has 0 aliphatic carbocycles. The Balaban J connectivity index is 2.57. The van der Waals surface area contributed by atoms with Gasteiger partial charge in [-0.05, 0) is 19.9 Å². The monoisotopic (exact) mass is 226 g/mol. The number of hydrogen-bond donors (Lipinski definition) is 1. The third-order valence-electron chi connectivity index (χ3n) is 1.78. The molecule has 0 atom stereocenters. The molecule has 1 N–H and O–H groups in total. The van der Waals surface area contributed by atoms with E-state index in [2.05, 4.69) is 5.10 Å². The zero-order valence-corrected chi connectivity index (χ0v) is 9.84. The van der Waals surface area contributed by atoms with Crippen LogP contribution in [0.25, 0.3) is 0 Å². The summed E-state index contributed by atoms with van der Waals surface area (Å²) < 4.78 is 1.80. The van der Waals surface area contributed by atoms with Gasteiger partial charge in [-0.25, -0.2) is 4.79 Å². The van der Waals surface area contributed by atoms with Crippen molar-refractivity contribution in [2.45, 2.75) is 18.9 Å². The average Bonchev–Trinajstić information content (AvgIpc) is 2.40. The van der Waals surface area contributed by atoms with Crippen molar-refractivity contribution in [3.05, 3.63) is 23.4 Å². The second-order valence-corrected chi connectivity index (χ2v) is 4.36. The van der Waals surface area contributed by atoms with Crippen LogP contribution in [0, 0.1) is 6.92 Å². The minimum Gasteiger partial charge on any atom is -0.478 e. The maximum absolute atomic E-state index is 10.4. The first-order valence-electron chi connectivity index (χ1n) is 4.52. The first-order chi connectivity index (χ1) is 6.99. The summed E-state index contributed by atoms with van der Waals surface area (Å²) in [6.07, 6.45) is 1.23. The Labute approximate surface area is 93.0 Å². The van der Waals surface area contributed by atoms with E-state index in [1.165, 1.54) is 6.08 Å². The molecule has 0 saturated carbocycles. The molecule has 0 fully saturated rings. The highest BCUT2D eigenvalue weighted by atomic mass is 32.2. The van der Waals surface area contributed by atoms with E-state index in [1.807, 2.05) is 27.0 Å². The van der Waals surface area contributed by atoms with Gasteiger partial charge in [0, 0.05) is 18.9 Å². The fourth-order valence-corrected chi connectivity index (χ4v) is 2.10. The normalized spacial score (nSPS) is 11.8. The van der Waals surface area contributed by atoms with Crippen LogP contribution in [0.2, 0.25) is 0 Å². The lowest BCUT2D eigenvalue weighted by molar-refractivity contribution is -0.131. The number of thioether (sulfide) groups is 1. The molecule has 0 aromatic carbocycles. The van der Waals surface area contributed by atoms with E-state index in [0.717, 1.165) is 16.3 Å². The molecular weight excluding hydrogens is 212 g/mol. The number of aliphatic carboxylic acids is 1. The van der Waals surface area contributed by atoms with Crippen molar-refractivity contribution in [3.63, 3.8) is 0 Å². The van der Waals surface area contributed by atoms with Crippen molar-refractivity contribution < 1.29 is 9.90 Å². The average molecular weight is 226 g/mol. The molecule has 0 saturated heterocycles. The smallest absolute Gasteiger partial charge is 0.328 e. The Bertz CT molecular complexity index is 396. The molecule has 0 radical (unpaired) electrons. The predicted octanol–water partition coefficient (Wildman–Crippen LogP) is 1.85. The highest BCUT2D eigenvalue weighted by Gasteiger charge is 2.03. The van der Waals surface area contributed by atoms with Crippen molar-refractivity contribution in [2.75, 3.05) is 5.75 Å². The number of rotatable bonds is 4. The maximum atomic E-state index is 10.4. The Morgan fingerprint density at radius 2 is 2.40 bits per heavy atom. The Hall–Kier alpha value is -1.23. The lowest BCUT2D eigenvalue weighted by atomic mass is 10.3. The van der Waals surface area contributed by atoms with Crippen molar-refractivity contribution in [1.29, 1.82) is 0 Å². The van der Waals surface area contributed by atoms with Crippen LogP contribution in [0.15, 0.2) is 22.7 Å². The van der Waals surface area contributed by atoms with Gasteiger partial charge in [0.15, 0.2) is 0 Å². The van der Waals surface area contributed by atoms with Gasteiger partial charge in [-0.3, -0.25) is 4.68 Å². The van der Waals surface area contributed by atoms with E-state index in [-0.39, 0.29) is 0 Å².